The molecule has 1 aliphatic heterocycles. The third-order valence-corrected chi connectivity index (χ3v) is 5.04. The van der Waals surface area contributed by atoms with E-state index >= 15 is 0 Å². The summed E-state index contributed by atoms with van der Waals surface area (Å²) < 4.78 is 10.1. The van der Waals surface area contributed by atoms with Gasteiger partial charge in [0.2, 0.25) is 0 Å². The van der Waals surface area contributed by atoms with Crippen LogP contribution < -0.4 is 0 Å². The van der Waals surface area contributed by atoms with Crippen molar-refractivity contribution in [1.29, 1.82) is 0 Å². The molecule has 0 amide bonds. The molecule has 2 aromatic heterocycles. The van der Waals surface area contributed by atoms with Crippen LogP contribution in [0.3, 0.4) is 0 Å². The molecule has 0 radical (unpaired) electrons. The highest BCUT2D eigenvalue weighted by Gasteiger charge is 2.32. The first-order valence-corrected chi connectivity index (χ1v) is 9.04. The van der Waals surface area contributed by atoms with E-state index in [0.717, 1.165) is 45.3 Å². The Labute approximate surface area is 143 Å². The van der Waals surface area contributed by atoms with E-state index in [1.54, 1.807) is 0 Å². The summed E-state index contributed by atoms with van der Waals surface area (Å²) in [6.45, 7) is 7.62. The molecule has 6 heteroatoms. The lowest BCUT2D eigenvalue weighted by molar-refractivity contribution is 0.102. The Morgan fingerprint density at radius 3 is 2.92 bits per heavy atom. The number of ether oxygens (including phenoxy) is 1. The predicted octanol–water partition coefficient (Wildman–Crippen LogP) is 2.16. The second-order valence-electron chi connectivity index (χ2n) is 7.22. The van der Waals surface area contributed by atoms with Gasteiger partial charge in [0, 0.05) is 63.2 Å². The molecule has 1 saturated carbocycles. The van der Waals surface area contributed by atoms with Gasteiger partial charge in [0.25, 0.3) is 0 Å². The normalized spacial score (nSPS) is 21.2. The topological polar surface area (TPSA) is 48.1 Å². The molecular weight excluding hydrogens is 302 g/mol. The van der Waals surface area contributed by atoms with E-state index in [-0.39, 0.29) is 0 Å². The van der Waals surface area contributed by atoms with Crippen molar-refractivity contribution in [3.8, 4) is 0 Å². The third kappa shape index (κ3) is 3.39. The Bertz CT molecular complexity index is 687. The van der Waals surface area contributed by atoms with Gasteiger partial charge < -0.3 is 9.30 Å². The summed E-state index contributed by atoms with van der Waals surface area (Å²) in [5.41, 5.74) is 3.90. The molecule has 0 saturated heterocycles. The zero-order valence-corrected chi connectivity index (χ0v) is 14.7. The van der Waals surface area contributed by atoms with E-state index < -0.39 is 0 Å². The lowest BCUT2D eigenvalue weighted by Crippen LogP contribution is -2.36. The Kier molecular flexibility index (Phi) is 4.41. The molecule has 2 aliphatic rings. The Morgan fingerprint density at radius 1 is 1.33 bits per heavy atom. The fraction of sp³-hybridized carbons (Fsp3) is 0.667. The molecule has 0 aromatic carbocycles. The van der Waals surface area contributed by atoms with Crippen LogP contribution in [-0.4, -0.2) is 44.0 Å². The Morgan fingerprint density at radius 2 is 2.21 bits per heavy atom. The van der Waals surface area contributed by atoms with Gasteiger partial charge in [-0.2, -0.15) is 5.10 Å². The average Bonchev–Trinajstić information content (AvgIpc) is 3.16. The molecule has 3 heterocycles. The van der Waals surface area contributed by atoms with Crippen LogP contribution in [-0.2, 0) is 31.4 Å². The third-order valence-electron chi connectivity index (χ3n) is 5.04. The minimum atomic E-state index is 0.409. The Hall–Kier alpha value is -1.66. The molecule has 0 spiro atoms. The van der Waals surface area contributed by atoms with Gasteiger partial charge in [-0.3, -0.25) is 9.58 Å². The number of rotatable bonds is 7. The minimum Gasteiger partial charge on any atom is -0.381 e. The molecule has 0 N–H and O–H groups in total. The van der Waals surface area contributed by atoms with Crippen LogP contribution in [0.25, 0.3) is 0 Å². The number of aromatic nitrogens is 4. The maximum Gasteiger partial charge on any atom is 0.0952 e. The molecule has 1 aliphatic carbocycles. The van der Waals surface area contributed by atoms with Crippen LogP contribution in [0, 0.1) is 5.92 Å². The molecule has 0 bridgehead atoms. The van der Waals surface area contributed by atoms with Crippen LogP contribution in [0.1, 0.15) is 42.6 Å². The first kappa shape index (κ1) is 15.8. The zero-order valence-electron chi connectivity index (χ0n) is 14.7. The van der Waals surface area contributed by atoms with E-state index in [1.807, 2.05) is 17.9 Å². The summed E-state index contributed by atoms with van der Waals surface area (Å²) in [5.74, 6) is 1.27. The van der Waals surface area contributed by atoms with E-state index in [1.165, 1.54) is 29.8 Å². The predicted molar refractivity (Wildman–Crippen MR) is 91.5 cm³/mol. The van der Waals surface area contributed by atoms with Gasteiger partial charge in [0.05, 0.1) is 24.8 Å². The van der Waals surface area contributed by atoms with Gasteiger partial charge in [0.15, 0.2) is 0 Å². The maximum absolute atomic E-state index is 5.79. The van der Waals surface area contributed by atoms with Crippen molar-refractivity contribution in [2.45, 2.75) is 45.3 Å². The monoisotopic (exact) mass is 329 g/mol. The van der Waals surface area contributed by atoms with Gasteiger partial charge in [-0.1, -0.05) is 0 Å². The SMILES string of the molecule is CCOC[C@H]1CN(Cc2cnn(C)c2)Cc2ncn(CC3CC3)c21. The lowest BCUT2D eigenvalue weighted by atomic mass is 9.98. The highest BCUT2D eigenvalue weighted by atomic mass is 16.5. The van der Waals surface area contributed by atoms with Crippen molar-refractivity contribution in [2.75, 3.05) is 19.8 Å². The van der Waals surface area contributed by atoms with Gasteiger partial charge >= 0.3 is 0 Å². The van der Waals surface area contributed by atoms with Crippen molar-refractivity contribution in [1.82, 2.24) is 24.2 Å². The van der Waals surface area contributed by atoms with E-state index in [0.29, 0.717) is 5.92 Å². The number of nitrogens with zero attached hydrogens (tertiary/aromatic N) is 5. The van der Waals surface area contributed by atoms with Gasteiger partial charge in [-0.25, -0.2) is 4.98 Å². The van der Waals surface area contributed by atoms with Crippen molar-refractivity contribution < 1.29 is 4.74 Å². The number of hydrogen-bond donors (Lipinski definition) is 0. The molecule has 24 heavy (non-hydrogen) atoms. The van der Waals surface area contributed by atoms with Crippen LogP contribution in [0.5, 0.6) is 0 Å². The minimum absolute atomic E-state index is 0.409. The zero-order chi connectivity index (χ0) is 16.5. The van der Waals surface area contributed by atoms with Crippen molar-refractivity contribution in [3.63, 3.8) is 0 Å². The molecule has 2 aromatic rings. The molecular formula is C18H27N5O. The summed E-state index contributed by atoms with van der Waals surface area (Å²) >= 11 is 0. The Balaban J connectivity index is 1.53. The molecule has 1 atom stereocenters. The summed E-state index contributed by atoms with van der Waals surface area (Å²) in [6.07, 6.45) is 8.85. The average molecular weight is 329 g/mol. The fourth-order valence-corrected chi connectivity index (χ4v) is 3.75. The van der Waals surface area contributed by atoms with E-state index in [2.05, 4.69) is 34.0 Å². The van der Waals surface area contributed by atoms with Crippen LogP contribution in [0.4, 0.5) is 0 Å². The van der Waals surface area contributed by atoms with Crippen LogP contribution in [0.2, 0.25) is 0 Å². The molecule has 1 fully saturated rings. The summed E-state index contributed by atoms with van der Waals surface area (Å²) in [6, 6.07) is 0. The number of hydrogen-bond acceptors (Lipinski definition) is 4. The highest BCUT2D eigenvalue weighted by molar-refractivity contribution is 5.23. The van der Waals surface area contributed by atoms with E-state index in [4.69, 9.17) is 9.72 Å². The first-order chi connectivity index (χ1) is 11.7. The van der Waals surface area contributed by atoms with Crippen molar-refractivity contribution in [2.24, 2.45) is 13.0 Å². The largest absolute Gasteiger partial charge is 0.381 e. The molecule has 130 valence electrons. The molecule has 6 nitrogen and oxygen atoms in total. The lowest BCUT2D eigenvalue weighted by Gasteiger charge is -2.33. The highest BCUT2D eigenvalue weighted by Crippen LogP contribution is 2.34. The van der Waals surface area contributed by atoms with Crippen LogP contribution >= 0.6 is 0 Å². The van der Waals surface area contributed by atoms with Gasteiger partial charge in [-0.15, -0.1) is 0 Å². The number of fused-ring (bicyclic) bond motifs is 1. The van der Waals surface area contributed by atoms with E-state index in [9.17, 15) is 0 Å². The standard InChI is InChI=1S/C18H27N5O/c1-3-24-12-16-10-22(8-15-6-20-21(2)7-15)11-17-18(16)23(13-19-17)9-14-4-5-14/h6-7,13-14,16H,3-5,8-12H2,1-2H3/t16-/m1/s1. The van der Waals surface area contributed by atoms with Crippen molar-refractivity contribution >= 4 is 0 Å². The van der Waals surface area contributed by atoms with Gasteiger partial charge in [-0.05, 0) is 25.7 Å². The second kappa shape index (κ2) is 6.69. The van der Waals surface area contributed by atoms with Crippen LogP contribution in [0.15, 0.2) is 18.7 Å². The maximum atomic E-state index is 5.79. The van der Waals surface area contributed by atoms with Gasteiger partial charge in [0.1, 0.15) is 0 Å². The summed E-state index contributed by atoms with van der Waals surface area (Å²) in [4.78, 5) is 7.21. The number of aryl methyl sites for hydroxylation is 1. The fourth-order valence-electron chi connectivity index (χ4n) is 3.75. The summed E-state index contributed by atoms with van der Waals surface area (Å²) in [5, 5.41) is 4.28. The molecule has 0 unspecified atom stereocenters. The summed E-state index contributed by atoms with van der Waals surface area (Å²) in [7, 11) is 1.97. The quantitative estimate of drug-likeness (QED) is 0.781. The molecule has 4 rings (SSSR count). The second-order valence-corrected chi connectivity index (χ2v) is 7.22. The first-order valence-electron chi connectivity index (χ1n) is 9.04. The smallest absolute Gasteiger partial charge is 0.0952 e. The van der Waals surface area contributed by atoms with Crippen molar-refractivity contribution in [3.05, 3.63) is 35.7 Å². The number of imidazole rings is 1.